The third-order valence-corrected chi connectivity index (χ3v) is 3.19. The lowest BCUT2D eigenvalue weighted by Gasteiger charge is -2.09. The lowest BCUT2D eigenvalue weighted by molar-refractivity contribution is 0.158. The van der Waals surface area contributed by atoms with E-state index in [1.807, 2.05) is 31.3 Å². The lowest BCUT2D eigenvalue weighted by Crippen LogP contribution is -2.10. The molecule has 0 aliphatic rings. The summed E-state index contributed by atoms with van der Waals surface area (Å²) in [5.74, 6) is 0.906. The minimum Gasteiger partial charge on any atom is -0.380 e. The smallest absolute Gasteiger partial charge is 0.133 e. The molecule has 1 aromatic carbocycles. The van der Waals surface area contributed by atoms with Crippen LogP contribution in [0.3, 0.4) is 0 Å². The van der Waals surface area contributed by atoms with Crippen molar-refractivity contribution >= 4 is 32.5 Å². The number of nitrogens with zero attached hydrogens (tertiary/aromatic N) is 1. The zero-order valence-electron chi connectivity index (χ0n) is 9.74. The van der Waals surface area contributed by atoms with Crippen LogP contribution in [0.5, 0.6) is 0 Å². The zero-order chi connectivity index (χ0) is 12.1. The summed E-state index contributed by atoms with van der Waals surface area (Å²) in [6.07, 6.45) is 1.82. The van der Waals surface area contributed by atoms with Gasteiger partial charge in [-0.2, -0.15) is 0 Å². The summed E-state index contributed by atoms with van der Waals surface area (Å²) in [5.41, 5.74) is 0. The highest BCUT2D eigenvalue weighted by Gasteiger charge is 2.03. The van der Waals surface area contributed by atoms with Gasteiger partial charge in [0.05, 0.1) is 6.61 Å². The second-order valence-corrected chi connectivity index (χ2v) is 4.47. The van der Waals surface area contributed by atoms with Gasteiger partial charge >= 0.3 is 0 Å². The molecule has 0 unspecified atom stereocenters. The topological polar surface area (TPSA) is 34.1 Å². The summed E-state index contributed by atoms with van der Waals surface area (Å²) < 4.78 is 6.38. The average Bonchev–Trinajstić information content (AvgIpc) is 2.36. The number of anilines is 1. The number of hydrogen-bond acceptors (Lipinski definition) is 3. The molecular formula is C13H15BrN2O. The lowest BCUT2D eigenvalue weighted by atomic mass is 10.1. The van der Waals surface area contributed by atoms with Gasteiger partial charge < -0.3 is 10.1 Å². The Kier molecular flexibility index (Phi) is 4.34. The van der Waals surface area contributed by atoms with E-state index in [1.165, 1.54) is 5.39 Å². The number of hydrogen-bond donors (Lipinski definition) is 1. The minimum absolute atomic E-state index is 0.697. The van der Waals surface area contributed by atoms with E-state index in [0.29, 0.717) is 6.61 Å². The van der Waals surface area contributed by atoms with Gasteiger partial charge in [-0.1, -0.05) is 28.1 Å². The SMILES string of the molecule is CCOCCNc1nccc2c(Br)cccc12. The third-order valence-electron chi connectivity index (χ3n) is 2.50. The Hall–Kier alpha value is -1.13. The number of halogens is 1. The van der Waals surface area contributed by atoms with Crippen molar-refractivity contribution in [2.45, 2.75) is 6.92 Å². The number of ether oxygens (including phenoxy) is 1. The van der Waals surface area contributed by atoms with Gasteiger partial charge in [-0.05, 0) is 19.1 Å². The molecule has 0 aliphatic carbocycles. The first-order chi connectivity index (χ1) is 8.33. The van der Waals surface area contributed by atoms with Gasteiger partial charge in [0, 0.05) is 34.6 Å². The molecule has 0 aliphatic heterocycles. The highest BCUT2D eigenvalue weighted by atomic mass is 79.9. The molecule has 0 fully saturated rings. The Bertz CT molecular complexity index is 502. The summed E-state index contributed by atoms with van der Waals surface area (Å²) in [6, 6.07) is 8.12. The van der Waals surface area contributed by atoms with E-state index < -0.39 is 0 Å². The van der Waals surface area contributed by atoms with Gasteiger partial charge in [0.25, 0.3) is 0 Å². The summed E-state index contributed by atoms with van der Waals surface area (Å²) in [6.45, 7) is 4.21. The quantitative estimate of drug-likeness (QED) is 0.858. The van der Waals surface area contributed by atoms with Crippen LogP contribution in [-0.2, 0) is 4.74 Å². The normalized spacial score (nSPS) is 10.7. The number of rotatable bonds is 5. The van der Waals surface area contributed by atoms with Crippen molar-refractivity contribution in [2.75, 3.05) is 25.1 Å². The van der Waals surface area contributed by atoms with Crippen LogP contribution >= 0.6 is 15.9 Å². The van der Waals surface area contributed by atoms with Gasteiger partial charge in [-0.15, -0.1) is 0 Å². The maximum absolute atomic E-state index is 5.29. The number of fused-ring (bicyclic) bond motifs is 1. The highest BCUT2D eigenvalue weighted by molar-refractivity contribution is 9.10. The molecule has 0 saturated heterocycles. The molecule has 90 valence electrons. The number of pyridine rings is 1. The van der Waals surface area contributed by atoms with Crippen molar-refractivity contribution in [3.63, 3.8) is 0 Å². The van der Waals surface area contributed by atoms with Gasteiger partial charge in [0.1, 0.15) is 5.82 Å². The van der Waals surface area contributed by atoms with Crippen LogP contribution in [0.4, 0.5) is 5.82 Å². The minimum atomic E-state index is 0.697. The van der Waals surface area contributed by atoms with Gasteiger partial charge in [0.15, 0.2) is 0 Å². The van der Waals surface area contributed by atoms with E-state index in [9.17, 15) is 0 Å². The molecule has 1 N–H and O–H groups in total. The molecule has 2 aromatic rings. The first-order valence-electron chi connectivity index (χ1n) is 5.67. The molecule has 0 saturated carbocycles. The fourth-order valence-electron chi connectivity index (χ4n) is 1.70. The van der Waals surface area contributed by atoms with Gasteiger partial charge in [-0.25, -0.2) is 4.98 Å². The first-order valence-corrected chi connectivity index (χ1v) is 6.47. The Morgan fingerprint density at radius 1 is 1.29 bits per heavy atom. The molecule has 1 aromatic heterocycles. The summed E-state index contributed by atoms with van der Waals surface area (Å²) in [5, 5.41) is 5.58. The maximum Gasteiger partial charge on any atom is 0.133 e. The van der Waals surface area contributed by atoms with Crippen molar-refractivity contribution in [2.24, 2.45) is 0 Å². The van der Waals surface area contributed by atoms with Crippen LogP contribution < -0.4 is 5.32 Å². The van der Waals surface area contributed by atoms with Crippen LogP contribution in [0.1, 0.15) is 6.92 Å². The van der Waals surface area contributed by atoms with Crippen LogP contribution in [0, 0.1) is 0 Å². The molecule has 3 nitrogen and oxygen atoms in total. The molecule has 17 heavy (non-hydrogen) atoms. The molecule has 2 rings (SSSR count). The summed E-state index contributed by atoms with van der Waals surface area (Å²) in [7, 11) is 0. The Morgan fingerprint density at radius 2 is 2.18 bits per heavy atom. The molecule has 0 radical (unpaired) electrons. The third kappa shape index (κ3) is 2.96. The van der Waals surface area contributed by atoms with Gasteiger partial charge in [-0.3, -0.25) is 0 Å². The van der Waals surface area contributed by atoms with Crippen molar-refractivity contribution in [3.8, 4) is 0 Å². The maximum atomic E-state index is 5.29. The highest BCUT2D eigenvalue weighted by Crippen LogP contribution is 2.27. The van der Waals surface area contributed by atoms with E-state index >= 15 is 0 Å². The molecule has 1 heterocycles. The Morgan fingerprint density at radius 3 is 3.00 bits per heavy atom. The van der Waals surface area contributed by atoms with E-state index in [0.717, 1.165) is 28.8 Å². The van der Waals surface area contributed by atoms with Crippen LogP contribution in [0.2, 0.25) is 0 Å². The van der Waals surface area contributed by atoms with Crippen molar-refractivity contribution in [1.82, 2.24) is 4.98 Å². The molecule has 0 atom stereocenters. The molecule has 0 bridgehead atoms. The number of benzene rings is 1. The second kappa shape index (κ2) is 5.98. The van der Waals surface area contributed by atoms with E-state index in [1.54, 1.807) is 0 Å². The predicted octanol–water partition coefficient (Wildman–Crippen LogP) is 3.45. The van der Waals surface area contributed by atoms with E-state index in [-0.39, 0.29) is 0 Å². The fourth-order valence-corrected chi connectivity index (χ4v) is 2.19. The summed E-state index contributed by atoms with van der Waals surface area (Å²) >= 11 is 3.54. The second-order valence-electron chi connectivity index (χ2n) is 3.62. The van der Waals surface area contributed by atoms with Crippen LogP contribution in [0.25, 0.3) is 10.8 Å². The first kappa shape index (κ1) is 12.3. The van der Waals surface area contributed by atoms with Crippen molar-refractivity contribution < 1.29 is 4.74 Å². The standard InChI is InChI=1S/C13H15BrN2O/c1-2-17-9-8-16-13-11-4-3-5-12(14)10(11)6-7-15-13/h3-7H,2,8-9H2,1H3,(H,15,16). The predicted molar refractivity (Wildman–Crippen MR) is 74.4 cm³/mol. The number of aromatic nitrogens is 1. The molecule has 0 spiro atoms. The average molecular weight is 295 g/mol. The van der Waals surface area contributed by atoms with Crippen LogP contribution in [-0.4, -0.2) is 24.7 Å². The van der Waals surface area contributed by atoms with Crippen molar-refractivity contribution in [1.29, 1.82) is 0 Å². The molecular weight excluding hydrogens is 280 g/mol. The number of nitrogens with one attached hydrogen (secondary N) is 1. The van der Waals surface area contributed by atoms with E-state index in [2.05, 4.69) is 32.3 Å². The zero-order valence-corrected chi connectivity index (χ0v) is 11.3. The van der Waals surface area contributed by atoms with Crippen molar-refractivity contribution in [3.05, 3.63) is 34.9 Å². The largest absolute Gasteiger partial charge is 0.380 e. The van der Waals surface area contributed by atoms with Gasteiger partial charge in [0.2, 0.25) is 0 Å². The summed E-state index contributed by atoms with van der Waals surface area (Å²) in [4.78, 5) is 4.36. The Labute approximate surface area is 109 Å². The van der Waals surface area contributed by atoms with Crippen LogP contribution in [0.15, 0.2) is 34.9 Å². The molecule has 4 heteroatoms. The molecule has 0 amide bonds. The Balaban J connectivity index is 2.19. The fraction of sp³-hybridized carbons (Fsp3) is 0.308. The van der Waals surface area contributed by atoms with E-state index in [4.69, 9.17) is 4.74 Å². The monoisotopic (exact) mass is 294 g/mol.